The lowest BCUT2D eigenvalue weighted by molar-refractivity contribution is -0.0150. The van der Waals surface area contributed by atoms with Crippen LogP contribution in [0.1, 0.15) is 58.8 Å². The molecule has 5 aliphatic carbocycles. The standard InChI is InChI=1S/C19H31N/c1-12-3-13(2)5-16(4-12)11-20-19-17-7-14-6-15(9-17)10-18(19)8-14/h3,12,14-20H,4-11H2,1-2H3. The van der Waals surface area contributed by atoms with Gasteiger partial charge in [0, 0.05) is 6.04 Å². The van der Waals surface area contributed by atoms with Crippen molar-refractivity contribution in [3.63, 3.8) is 0 Å². The molecule has 0 radical (unpaired) electrons. The summed E-state index contributed by atoms with van der Waals surface area (Å²) in [6.45, 7) is 5.99. The van der Waals surface area contributed by atoms with Crippen LogP contribution >= 0.6 is 0 Å². The van der Waals surface area contributed by atoms with Crippen molar-refractivity contribution in [1.82, 2.24) is 5.32 Å². The van der Waals surface area contributed by atoms with Crippen molar-refractivity contribution in [3.05, 3.63) is 11.6 Å². The summed E-state index contributed by atoms with van der Waals surface area (Å²) in [4.78, 5) is 0. The molecule has 2 atom stereocenters. The van der Waals surface area contributed by atoms with Gasteiger partial charge in [0.1, 0.15) is 0 Å². The molecule has 0 saturated heterocycles. The molecule has 4 bridgehead atoms. The molecule has 4 saturated carbocycles. The molecule has 0 amide bonds. The topological polar surface area (TPSA) is 12.0 Å². The highest BCUT2D eigenvalue weighted by atomic mass is 14.9. The van der Waals surface area contributed by atoms with Gasteiger partial charge in [-0.05, 0) is 93.9 Å². The minimum Gasteiger partial charge on any atom is -0.313 e. The Morgan fingerprint density at radius 3 is 2.25 bits per heavy atom. The second kappa shape index (κ2) is 5.16. The van der Waals surface area contributed by atoms with E-state index in [0.717, 1.165) is 41.5 Å². The molecule has 0 heterocycles. The monoisotopic (exact) mass is 273 g/mol. The second-order valence-electron chi connectivity index (χ2n) is 8.66. The number of nitrogens with one attached hydrogen (secondary N) is 1. The van der Waals surface area contributed by atoms with Crippen LogP contribution in [0.2, 0.25) is 0 Å². The number of rotatable bonds is 3. The normalized spacial score (nSPS) is 50.3. The average molecular weight is 273 g/mol. The molecule has 0 aromatic carbocycles. The fourth-order valence-corrected chi connectivity index (χ4v) is 6.40. The van der Waals surface area contributed by atoms with Gasteiger partial charge in [0.25, 0.3) is 0 Å². The lowest BCUT2D eigenvalue weighted by Crippen LogP contribution is -2.55. The molecule has 1 heteroatoms. The Kier molecular flexibility index (Phi) is 3.45. The van der Waals surface area contributed by atoms with Crippen LogP contribution in [-0.4, -0.2) is 12.6 Å². The Morgan fingerprint density at radius 2 is 1.65 bits per heavy atom. The van der Waals surface area contributed by atoms with Crippen LogP contribution < -0.4 is 5.32 Å². The van der Waals surface area contributed by atoms with Crippen molar-refractivity contribution in [2.75, 3.05) is 6.54 Å². The van der Waals surface area contributed by atoms with E-state index in [1.54, 1.807) is 37.7 Å². The quantitative estimate of drug-likeness (QED) is 0.752. The third kappa shape index (κ3) is 2.47. The summed E-state index contributed by atoms with van der Waals surface area (Å²) in [7, 11) is 0. The SMILES string of the molecule is CC1=CC(C)CC(CNC2C3CC4CC(C3)CC2C4)C1. The Balaban J connectivity index is 1.35. The van der Waals surface area contributed by atoms with Gasteiger partial charge in [-0.1, -0.05) is 18.6 Å². The molecule has 0 spiro atoms. The summed E-state index contributed by atoms with van der Waals surface area (Å²) in [6, 6.07) is 0.879. The van der Waals surface area contributed by atoms with Crippen LogP contribution in [0.4, 0.5) is 0 Å². The van der Waals surface area contributed by atoms with E-state index in [2.05, 4.69) is 25.2 Å². The molecule has 0 aromatic rings. The van der Waals surface area contributed by atoms with Gasteiger partial charge < -0.3 is 5.32 Å². The molecule has 1 nitrogen and oxygen atoms in total. The van der Waals surface area contributed by atoms with E-state index in [4.69, 9.17) is 0 Å². The van der Waals surface area contributed by atoms with Gasteiger partial charge in [-0.2, -0.15) is 0 Å². The fraction of sp³-hybridized carbons (Fsp3) is 0.895. The third-order valence-corrected chi connectivity index (χ3v) is 6.75. The predicted octanol–water partition coefficient (Wildman–Crippen LogP) is 4.39. The maximum Gasteiger partial charge on any atom is 0.0124 e. The van der Waals surface area contributed by atoms with Crippen LogP contribution in [0.5, 0.6) is 0 Å². The molecule has 0 aromatic heterocycles. The van der Waals surface area contributed by atoms with Gasteiger partial charge in [-0.15, -0.1) is 0 Å². The van der Waals surface area contributed by atoms with Gasteiger partial charge in [-0.3, -0.25) is 0 Å². The Morgan fingerprint density at radius 1 is 1.00 bits per heavy atom. The first kappa shape index (κ1) is 13.4. The Hall–Kier alpha value is -0.300. The summed E-state index contributed by atoms with van der Waals surface area (Å²) in [5.41, 5.74) is 1.63. The zero-order valence-electron chi connectivity index (χ0n) is 13.3. The predicted molar refractivity (Wildman–Crippen MR) is 84.5 cm³/mol. The summed E-state index contributed by atoms with van der Waals surface area (Å²) >= 11 is 0. The van der Waals surface area contributed by atoms with Gasteiger partial charge >= 0.3 is 0 Å². The van der Waals surface area contributed by atoms with Crippen molar-refractivity contribution < 1.29 is 0 Å². The summed E-state index contributed by atoms with van der Waals surface area (Å²) in [5, 5.41) is 4.05. The zero-order valence-corrected chi connectivity index (χ0v) is 13.3. The van der Waals surface area contributed by atoms with E-state index in [-0.39, 0.29) is 0 Å². The van der Waals surface area contributed by atoms with Crippen molar-refractivity contribution in [2.45, 2.75) is 64.8 Å². The molecular weight excluding hydrogens is 242 g/mol. The van der Waals surface area contributed by atoms with Crippen molar-refractivity contribution in [2.24, 2.45) is 35.5 Å². The third-order valence-electron chi connectivity index (χ3n) is 6.75. The van der Waals surface area contributed by atoms with E-state index in [0.29, 0.717) is 0 Å². The van der Waals surface area contributed by atoms with Crippen molar-refractivity contribution in [1.29, 1.82) is 0 Å². The minimum atomic E-state index is 0.800. The zero-order chi connectivity index (χ0) is 13.7. The molecule has 0 aliphatic heterocycles. The summed E-state index contributed by atoms with van der Waals surface area (Å²) < 4.78 is 0. The van der Waals surface area contributed by atoms with Crippen molar-refractivity contribution >= 4 is 0 Å². The second-order valence-corrected chi connectivity index (χ2v) is 8.66. The molecular formula is C19H31N. The van der Waals surface area contributed by atoms with E-state index >= 15 is 0 Å². The number of hydrogen-bond donors (Lipinski definition) is 1. The van der Waals surface area contributed by atoms with E-state index < -0.39 is 0 Å². The maximum atomic E-state index is 4.05. The first-order valence-electron chi connectivity index (χ1n) is 9.08. The molecule has 2 unspecified atom stereocenters. The van der Waals surface area contributed by atoms with Crippen molar-refractivity contribution in [3.8, 4) is 0 Å². The maximum absolute atomic E-state index is 4.05. The van der Waals surface area contributed by atoms with Gasteiger partial charge in [-0.25, -0.2) is 0 Å². The average Bonchev–Trinajstić information content (AvgIpc) is 2.35. The van der Waals surface area contributed by atoms with Crippen LogP contribution in [0, 0.1) is 35.5 Å². The van der Waals surface area contributed by atoms with Gasteiger partial charge in [0.2, 0.25) is 0 Å². The van der Waals surface area contributed by atoms with E-state index in [1.807, 2.05) is 0 Å². The molecule has 5 aliphatic rings. The first-order chi connectivity index (χ1) is 9.67. The minimum absolute atomic E-state index is 0.800. The van der Waals surface area contributed by atoms with Gasteiger partial charge in [0.05, 0.1) is 0 Å². The van der Waals surface area contributed by atoms with Crippen LogP contribution in [0.15, 0.2) is 11.6 Å². The smallest absolute Gasteiger partial charge is 0.0124 e. The van der Waals surface area contributed by atoms with Gasteiger partial charge in [0.15, 0.2) is 0 Å². The highest BCUT2D eigenvalue weighted by Gasteiger charge is 2.47. The van der Waals surface area contributed by atoms with E-state index in [1.165, 1.54) is 19.4 Å². The molecule has 5 rings (SSSR count). The highest BCUT2D eigenvalue weighted by Crippen LogP contribution is 2.53. The molecule has 112 valence electrons. The summed E-state index contributed by atoms with van der Waals surface area (Å²) in [5.74, 6) is 5.97. The molecule has 1 N–H and O–H groups in total. The number of hydrogen-bond acceptors (Lipinski definition) is 1. The Labute approximate surface area is 124 Å². The van der Waals surface area contributed by atoms with Crippen LogP contribution in [0.3, 0.4) is 0 Å². The lowest BCUT2D eigenvalue weighted by Gasteiger charge is -2.55. The van der Waals surface area contributed by atoms with E-state index in [9.17, 15) is 0 Å². The summed E-state index contributed by atoms with van der Waals surface area (Å²) in [6.07, 6.45) is 13.0. The molecule has 20 heavy (non-hydrogen) atoms. The fourth-order valence-electron chi connectivity index (χ4n) is 6.40. The highest BCUT2D eigenvalue weighted by molar-refractivity contribution is 5.07. The van der Waals surface area contributed by atoms with Crippen LogP contribution in [-0.2, 0) is 0 Å². The van der Waals surface area contributed by atoms with Crippen LogP contribution in [0.25, 0.3) is 0 Å². The number of allylic oxidation sites excluding steroid dienone is 2. The largest absolute Gasteiger partial charge is 0.313 e. The Bertz CT molecular complexity index is 369. The lowest BCUT2D eigenvalue weighted by atomic mass is 9.54. The molecule has 4 fully saturated rings. The first-order valence-corrected chi connectivity index (χ1v) is 9.08.